The molecule has 0 atom stereocenters. The summed E-state index contributed by atoms with van der Waals surface area (Å²) in [5.74, 6) is 1.11. The first kappa shape index (κ1) is 9.54. The van der Waals surface area contributed by atoms with E-state index >= 15 is 0 Å². The molecule has 0 aliphatic carbocycles. The third-order valence-electron chi connectivity index (χ3n) is 3.37. The number of rotatable bonds is 1. The molecule has 18 heavy (non-hydrogen) atoms. The molecule has 0 unspecified atom stereocenters. The van der Waals surface area contributed by atoms with Crippen molar-refractivity contribution >= 4 is 21.8 Å². The summed E-state index contributed by atoms with van der Waals surface area (Å²) in [5.41, 5.74) is 2.40. The van der Waals surface area contributed by atoms with Gasteiger partial charge in [-0.2, -0.15) is 0 Å². The van der Waals surface area contributed by atoms with E-state index in [1.54, 1.807) is 0 Å². The molecule has 2 aromatic heterocycles. The number of benzene rings is 2. The molecular weight excluding hydrogens is 220 g/mol. The number of H-pyrrole nitrogens is 1. The predicted octanol–water partition coefficient (Wildman–Crippen LogP) is 4.11. The summed E-state index contributed by atoms with van der Waals surface area (Å²) in [6.07, 6.45) is 2.11. The Labute approximate surface area is 104 Å². The van der Waals surface area contributed by atoms with Gasteiger partial charge in [-0.05, 0) is 29.7 Å². The summed E-state index contributed by atoms with van der Waals surface area (Å²) >= 11 is 0. The molecule has 1 N–H and O–H groups in total. The van der Waals surface area contributed by atoms with Crippen LogP contribution in [0.3, 0.4) is 0 Å². The molecule has 0 aliphatic rings. The first-order valence-electron chi connectivity index (χ1n) is 6.06. The lowest BCUT2D eigenvalue weighted by molar-refractivity contribution is 1.08. The van der Waals surface area contributed by atoms with Crippen molar-refractivity contribution in [1.29, 1.82) is 0 Å². The first-order chi connectivity index (χ1) is 8.92. The van der Waals surface area contributed by atoms with Gasteiger partial charge in [0.1, 0.15) is 5.82 Å². The van der Waals surface area contributed by atoms with Crippen molar-refractivity contribution in [2.24, 2.45) is 0 Å². The summed E-state index contributed by atoms with van der Waals surface area (Å²) < 4.78 is 2.19. The molecule has 2 heteroatoms. The van der Waals surface area contributed by atoms with Crippen LogP contribution in [0.15, 0.2) is 66.9 Å². The Morgan fingerprint density at radius 1 is 0.778 bits per heavy atom. The third-order valence-corrected chi connectivity index (χ3v) is 3.37. The zero-order valence-corrected chi connectivity index (χ0v) is 9.80. The maximum Gasteiger partial charge on any atom is 0.115 e. The molecule has 2 aromatic carbocycles. The maximum atomic E-state index is 3.45. The average Bonchev–Trinajstić information content (AvgIpc) is 3.02. The molecule has 0 radical (unpaired) electrons. The molecule has 0 saturated carbocycles. The number of nitrogens with zero attached hydrogens (tertiary/aromatic N) is 1. The molecule has 2 heterocycles. The zero-order valence-electron chi connectivity index (χ0n) is 9.80. The second-order valence-corrected chi connectivity index (χ2v) is 4.49. The molecular formula is C16H12N2. The van der Waals surface area contributed by atoms with E-state index in [0.29, 0.717) is 0 Å². The lowest BCUT2D eigenvalue weighted by Gasteiger charge is -2.01. The lowest BCUT2D eigenvalue weighted by atomic mass is 10.2. The van der Waals surface area contributed by atoms with Crippen molar-refractivity contribution in [3.8, 4) is 5.82 Å². The van der Waals surface area contributed by atoms with Crippen molar-refractivity contribution in [3.63, 3.8) is 0 Å². The van der Waals surface area contributed by atoms with E-state index in [2.05, 4.69) is 76.4 Å². The van der Waals surface area contributed by atoms with Crippen LogP contribution in [-0.2, 0) is 0 Å². The third kappa shape index (κ3) is 1.29. The van der Waals surface area contributed by atoms with Gasteiger partial charge in [0, 0.05) is 17.1 Å². The van der Waals surface area contributed by atoms with E-state index in [9.17, 15) is 0 Å². The van der Waals surface area contributed by atoms with Crippen LogP contribution < -0.4 is 0 Å². The van der Waals surface area contributed by atoms with Gasteiger partial charge in [-0.15, -0.1) is 0 Å². The number of aromatic amines is 1. The van der Waals surface area contributed by atoms with Crippen molar-refractivity contribution in [1.82, 2.24) is 9.55 Å². The van der Waals surface area contributed by atoms with E-state index < -0.39 is 0 Å². The normalized spacial score (nSPS) is 11.3. The minimum atomic E-state index is 1.11. The van der Waals surface area contributed by atoms with Gasteiger partial charge in [0.2, 0.25) is 0 Å². The monoisotopic (exact) mass is 232 g/mol. The standard InChI is InChI=1S/C16H12N2/c1-3-7-14-13(6-1)11-16(17-14)18-10-9-12-5-2-4-8-15(12)18/h1-11,17H. The fraction of sp³-hybridized carbons (Fsp3) is 0. The van der Waals surface area contributed by atoms with Crippen molar-refractivity contribution in [2.45, 2.75) is 0 Å². The van der Waals surface area contributed by atoms with E-state index in [-0.39, 0.29) is 0 Å². The zero-order chi connectivity index (χ0) is 11.9. The Kier molecular flexibility index (Phi) is 1.86. The quantitative estimate of drug-likeness (QED) is 0.510. The van der Waals surface area contributed by atoms with Gasteiger partial charge in [0.05, 0.1) is 5.52 Å². The van der Waals surface area contributed by atoms with Crippen LogP contribution in [0.1, 0.15) is 0 Å². The molecule has 0 saturated heterocycles. The fourth-order valence-corrected chi connectivity index (χ4v) is 2.48. The highest BCUT2D eigenvalue weighted by Gasteiger charge is 2.05. The molecule has 0 spiro atoms. The van der Waals surface area contributed by atoms with Gasteiger partial charge in [-0.3, -0.25) is 0 Å². The van der Waals surface area contributed by atoms with Gasteiger partial charge < -0.3 is 9.55 Å². The number of hydrogen-bond donors (Lipinski definition) is 1. The highest BCUT2D eigenvalue weighted by atomic mass is 15.1. The van der Waals surface area contributed by atoms with Crippen LogP contribution in [-0.4, -0.2) is 9.55 Å². The average molecular weight is 232 g/mol. The number of hydrogen-bond acceptors (Lipinski definition) is 0. The SMILES string of the molecule is c1ccc2[nH]c(-n3ccc4ccccc43)cc2c1. The lowest BCUT2D eigenvalue weighted by Crippen LogP contribution is -1.90. The number of fused-ring (bicyclic) bond motifs is 2. The molecule has 4 rings (SSSR count). The largest absolute Gasteiger partial charge is 0.341 e. The van der Waals surface area contributed by atoms with Gasteiger partial charge in [-0.1, -0.05) is 36.4 Å². The summed E-state index contributed by atoms with van der Waals surface area (Å²) in [6, 6.07) is 21.1. The fourth-order valence-electron chi connectivity index (χ4n) is 2.48. The van der Waals surface area contributed by atoms with E-state index in [0.717, 1.165) is 5.82 Å². The topological polar surface area (TPSA) is 20.7 Å². The van der Waals surface area contributed by atoms with Crippen LogP contribution in [0.2, 0.25) is 0 Å². The van der Waals surface area contributed by atoms with Gasteiger partial charge in [0.25, 0.3) is 0 Å². The summed E-state index contributed by atoms with van der Waals surface area (Å²) in [5, 5.41) is 2.50. The molecule has 86 valence electrons. The van der Waals surface area contributed by atoms with Gasteiger partial charge >= 0.3 is 0 Å². The minimum absolute atomic E-state index is 1.11. The molecule has 4 aromatic rings. The second kappa shape index (κ2) is 3.50. The molecule has 0 aliphatic heterocycles. The number of nitrogens with one attached hydrogen (secondary N) is 1. The Hall–Kier alpha value is -2.48. The molecule has 0 amide bonds. The van der Waals surface area contributed by atoms with Crippen LogP contribution in [0.4, 0.5) is 0 Å². The summed E-state index contributed by atoms with van der Waals surface area (Å²) in [4.78, 5) is 3.45. The van der Waals surface area contributed by atoms with Crippen LogP contribution in [0.5, 0.6) is 0 Å². The van der Waals surface area contributed by atoms with Crippen LogP contribution in [0.25, 0.3) is 27.6 Å². The minimum Gasteiger partial charge on any atom is -0.341 e. The Morgan fingerprint density at radius 2 is 1.56 bits per heavy atom. The highest BCUT2D eigenvalue weighted by Crippen LogP contribution is 2.23. The van der Waals surface area contributed by atoms with Crippen molar-refractivity contribution in [3.05, 3.63) is 66.9 Å². The smallest absolute Gasteiger partial charge is 0.115 e. The summed E-state index contributed by atoms with van der Waals surface area (Å²) in [6.45, 7) is 0. The number of para-hydroxylation sites is 2. The highest BCUT2D eigenvalue weighted by molar-refractivity contribution is 5.85. The van der Waals surface area contributed by atoms with Crippen LogP contribution >= 0.6 is 0 Å². The number of aromatic nitrogens is 2. The van der Waals surface area contributed by atoms with Crippen molar-refractivity contribution in [2.75, 3.05) is 0 Å². The van der Waals surface area contributed by atoms with Crippen LogP contribution in [0, 0.1) is 0 Å². The van der Waals surface area contributed by atoms with E-state index in [1.807, 2.05) is 0 Å². The van der Waals surface area contributed by atoms with Crippen molar-refractivity contribution < 1.29 is 0 Å². The Balaban J connectivity index is 2.01. The van der Waals surface area contributed by atoms with Gasteiger partial charge in [0.15, 0.2) is 0 Å². The molecule has 2 nitrogen and oxygen atoms in total. The molecule has 0 bridgehead atoms. The van der Waals surface area contributed by atoms with E-state index in [4.69, 9.17) is 0 Å². The summed E-state index contributed by atoms with van der Waals surface area (Å²) in [7, 11) is 0. The Morgan fingerprint density at radius 3 is 2.44 bits per heavy atom. The maximum absolute atomic E-state index is 3.45. The Bertz CT molecular complexity index is 803. The first-order valence-corrected chi connectivity index (χ1v) is 6.06. The second-order valence-electron chi connectivity index (χ2n) is 4.49. The molecule has 0 fully saturated rings. The van der Waals surface area contributed by atoms with Gasteiger partial charge in [-0.25, -0.2) is 0 Å². The van der Waals surface area contributed by atoms with E-state index in [1.165, 1.54) is 21.8 Å². The predicted molar refractivity (Wildman–Crippen MR) is 75.1 cm³/mol.